The SMILES string of the molecule is O[C@H](CNCc1ccccc1)COc1cccc(OC[C@H](O)CNCc2ccccc2)c1. The Hall–Kier alpha value is -2.90. The summed E-state index contributed by atoms with van der Waals surface area (Å²) in [7, 11) is 0. The minimum Gasteiger partial charge on any atom is -0.491 e. The highest BCUT2D eigenvalue weighted by Crippen LogP contribution is 2.19. The molecule has 0 unspecified atom stereocenters. The Balaban J connectivity index is 1.31. The van der Waals surface area contributed by atoms with Gasteiger partial charge in [0.25, 0.3) is 0 Å². The Kier molecular flexibility index (Phi) is 10.0. The van der Waals surface area contributed by atoms with Crippen molar-refractivity contribution in [1.82, 2.24) is 10.6 Å². The monoisotopic (exact) mass is 436 g/mol. The Labute approximate surface area is 189 Å². The molecule has 3 rings (SSSR count). The predicted molar refractivity (Wildman–Crippen MR) is 126 cm³/mol. The van der Waals surface area contributed by atoms with E-state index in [1.165, 1.54) is 11.1 Å². The molecule has 2 atom stereocenters. The molecule has 0 aliphatic carbocycles. The number of rotatable bonds is 14. The van der Waals surface area contributed by atoms with Gasteiger partial charge in [0.1, 0.15) is 36.9 Å². The number of aliphatic hydroxyl groups excluding tert-OH is 2. The molecule has 0 aromatic heterocycles. The molecule has 6 heteroatoms. The highest BCUT2D eigenvalue weighted by atomic mass is 16.5. The molecule has 6 nitrogen and oxygen atoms in total. The first-order valence-corrected chi connectivity index (χ1v) is 10.9. The zero-order chi connectivity index (χ0) is 22.4. The molecule has 0 saturated heterocycles. The normalized spacial score (nSPS) is 12.8. The smallest absolute Gasteiger partial charge is 0.123 e. The lowest BCUT2D eigenvalue weighted by Crippen LogP contribution is -2.31. The highest BCUT2D eigenvalue weighted by molar-refractivity contribution is 5.33. The molecule has 0 saturated carbocycles. The van der Waals surface area contributed by atoms with Gasteiger partial charge in [-0.1, -0.05) is 66.7 Å². The van der Waals surface area contributed by atoms with E-state index in [9.17, 15) is 10.2 Å². The number of benzene rings is 3. The predicted octanol–water partition coefficient (Wildman–Crippen LogP) is 2.75. The van der Waals surface area contributed by atoms with E-state index < -0.39 is 12.2 Å². The van der Waals surface area contributed by atoms with Gasteiger partial charge >= 0.3 is 0 Å². The van der Waals surface area contributed by atoms with Crippen LogP contribution >= 0.6 is 0 Å². The first-order valence-electron chi connectivity index (χ1n) is 10.9. The van der Waals surface area contributed by atoms with E-state index in [0.29, 0.717) is 37.7 Å². The minimum absolute atomic E-state index is 0.178. The molecule has 0 fully saturated rings. The van der Waals surface area contributed by atoms with Gasteiger partial charge in [-0.15, -0.1) is 0 Å². The Morgan fingerprint density at radius 3 is 1.47 bits per heavy atom. The van der Waals surface area contributed by atoms with Gasteiger partial charge in [0.05, 0.1) is 0 Å². The Bertz CT molecular complexity index is 822. The molecule has 0 bridgehead atoms. The van der Waals surface area contributed by atoms with Crippen molar-refractivity contribution in [2.75, 3.05) is 26.3 Å². The van der Waals surface area contributed by atoms with Crippen LogP contribution in [-0.4, -0.2) is 48.7 Å². The summed E-state index contributed by atoms with van der Waals surface area (Å²) in [4.78, 5) is 0. The summed E-state index contributed by atoms with van der Waals surface area (Å²) in [5, 5.41) is 26.7. The van der Waals surface area contributed by atoms with E-state index >= 15 is 0 Å². The molecule has 0 aliphatic heterocycles. The first-order chi connectivity index (χ1) is 15.7. The summed E-state index contributed by atoms with van der Waals surface area (Å²) >= 11 is 0. The van der Waals surface area contributed by atoms with E-state index in [0.717, 1.165) is 0 Å². The topological polar surface area (TPSA) is 83.0 Å². The zero-order valence-electron chi connectivity index (χ0n) is 18.2. The van der Waals surface area contributed by atoms with Crippen molar-refractivity contribution < 1.29 is 19.7 Å². The van der Waals surface area contributed by atoms with E-state index in [1.54, 1.807) is 6.07 Å². The molecule has 3 aromatic rings. The molecular formula is C26H32N2O4. The number of aliphatic hydroxyl groups is 2. The summed E-state index contributed by atoms with van der Waals surface area (Å²) in [6.45, 7) is 2.63. The van der Waals surface area contributed by atoms with Crippen molar-refractivity contribution in [2.45, 2.75) is 25.3 Å². The minimum atomic E-state index is -0.624. The van der Waals surface area contributed by atoms with Gasteiger partial charge in [0.15, 0.2) is 0 Å². The van der Waals surface area contributed by atoms with Crippen molar-refractivity contribution in [2.24, 2.45) is 0 Å². The van der Waals surface area contributed by atoms with Gasteiger partial charge in [0.2, 0.25) is 0 Å². The van der Waals surface area contributed by atoms with Gasteiger partial charge < -0.3 is 30.3 Å². The lowest BCUT2D eigenvalue weighted by atomic mass is 10.2. The van der Waals surface area contributed by atoms with Crippen LogP contribution in [0.1, 0.15) is 11.1 Å². The van der Waals surface area contributed by atoms with Crippen LogP contribution in [-0.2, 0) is 13.1 Å². The maximum atomic E-state index is 10.1. The van der Waals surface area contributed by atoms with E-state index in [2.05, 4.69) is 10.6 Å². The molecule has 0 amide bonds. The van der Waals surface area contributed by atoms with Crippen molar-refractivity contribution in [3.8, 4) is 11.5 Å². The molecule has 3 aromatic carbocycles. The molecule has 32 heavy (non-hydrogen) atoms. The zero-order valence-corrected chi connectivity index (χ0v) is 18.2. The maximum Gasteiger partial charge on any atom is 0.123 e. The van der Waals surface area contributed by atoms with Gasteiger partial charge in [-0.3, -0.25) is 0 Å². The van der Waals surface area contributed by atoms with Gasteiger partial charge in [-0.2, -0.15) is 0 Å². The summed E-state index contributed by atoms with van der Waals surface area (Å²) < 4.78 is 11.4. The van der Waals surface area contributed by atoms with Crippen LogP contribution in [0.25, 0.3) is 0 Å². The second-order valence-electron chi connectivity index (χ2n) is 7.64. The van der Waals surface area contributed by atoms with Crippen molar-refractivity contribution >= 4 is 0 Å². The first kappa shape index (κ1) is 23.8. The average Bonchev–Trinajstić information content (AvgIpc) is 2.83. The molecule has 170 valence electrons. The van der Waals surface area contributed by atoms with Crippen LogP contribution < -0.4 is 20.1 Å². The van der Waals surface area contributed by atoms with Crippen molar-refractivity contribution in [3.63, 3.8) is 0 Å². The standard InChI is InChI=1S/C26H32N2O4/c29-23(17-27-15-21-8-3-1-4-9-21)19-31-25-12-7-13-26(14-25)32-20-24(30)18-28-16-22-10-5-2-6-11-22/h1-14,23-24,27-30H,15-20H2/t23-,24-/m1/s1. The Morgan fingerprint density at radius 1 is 0.594 bits per heavy atom. The summed E-state index contributed by atoms with van der Waals surface area (Å²) in [5.74, 6) is 1.22. The maximum absolute atomic E-state index is 10.1. The number of ether oxygens (including phenoxy) is 2. The molecular weight excluding hydrogens is 404 g/mol. The van der Waals surface area contributed by atoms with Crippen LogP contribution in [0, 0.1) is 0 Å². The third-order valence-electron chi connectivity index (χ3n) is 4.79. The summed E-state index contributed by atoms with van der Waals surface area (Å²) in [5.41, 5.74) is 2.34. The fraction of sp³-hybridized carbons (Fsp3) is 0.308. The fourth-order valence-corrected chi connectivity index (χ4v) is 3.11. The molecule has 0 aliphatic rings. The molecule has 0 spiro atoms. The van der Waals surface area contributed by atoms with Crippen molar-refractivity contribution in [1.29, 1.82) is 0 Å². The van der Waals surface area contributed by atoms with Crippen LogP contribution in [0.3, 0.4) is 0 Å². The van der Waals surface area contributed by atoms with Gasteiger partial charge in [0, 0.05) is 32.2 Å². The van der Waals surface area contributed by atoms with E-state index in [1.807, 2.05) is 78.9 Å². The van der Waals surface area contributed by atoms with Gasteiger partial charge in [-0.05, 0) is 23.3 Å². The lowest BCUT2D eigenvalue weighted by Gasteiger charge is -2.15. The molecule has 4 N–H and O–H groups in total. The summed E-state index contributed by atoms with van der Waals surface area (Å²) in [6.07, 6.45) is -1.25. The molecule has 0 radical (unpaired) electrons. The highest BCUT2D eigenvalue weighted by Gasteiger charge is 2.08. The third kappa shape index (κ3) is 9.08. The van der Waals surface area contributed by atoms with Crippen LogP contribution in [0.15, 0.2) is 84.9 Å². The van der Waals surface area contributed by atoms with Crippen molar-refractivity contribution in [3.05, 3.63) is 96.1 Å². The van der Waals surface area contributed by atoms with Crippen LogP contribution in [0.4, 0.5) is 0 Å². The third-order valence-corrected chi connectivity index (χ3v) is 4.79. The number of hydrogen-bond acceptors (Lipinski definition) is 6. The fourth-order valence-electron chi connectivity index (χ4n) is 3.11. The van der Waals surface area contributed by atoms with E-state index in [-0.39, 0.29) is 13.2 Å². The molecule has 0 heterocycles. The average molecular weight is 437 g/mol. The Morgan fingerprint density at radius 2 is 1.03 bits per heavy atom. The van der Waals surface area contributed by atoms with E-state index in [4.69, 9.17) is 9.47 Å². The largest absolute Gasteiger partial charge is 0.491 e. The van der Waals surface area contributed by atoms with Gasteiger partial charge in [-0.25, -0.2) is 0 Å². The second kappa shape index (κ2) is 13.5. The quantitative estimate of drug-likeness (QED) is 0.311. The van der Waals surface area contributed by atoms with Crippen LogP contribution in [0.5, 0.6) is 11.5 Å². The number of hydrogen-bond donors (Lipinski definition) is 4. The number of nitrogens with one attached hydrogen (secondary N) is 2. The second-order valence-corrected chi connectivity index (χ2v) is 7.64. The van der Waals surface area contributed by atoms with Crippen LogP contribution in [0.2, 0.25) is 0 Å². The lowest BCUT2D eigenvalue weighted by molar-refractivity contribution is 0.102. The summed E-state index contributed by atoms with van der Waals surface area (Å²) in [6, 6.07) is 27.3.